The van der Waals surface area contributed by atoms with Gasteiger partial charge < -0.3 is 30.2 Å². The zero-order chi connectivity index (χ0) is 35.8. The number of thiophene rings is 1. The number of halogens is 1. The van der Waals surface area contributed by atoms with Crippen molar-refractivity contribution >= 4 is 74.0 Å². The number of nitrogens with zero attached hydrogens (tertiary/aromatic N) is 5. The number of nitrogens with one attached hydrogen (secondary N) is 1. The van der Waals surface area contributed by atoms with Gasteiger partial charge in [0.1, 0.15) is 10.7 Å². The van der Waals surface area contributed by atoms with Crippen LogP contribution in [0, 0.1) is 5.92 Å². The Morgan fingerprint density at radius 2 is 1.52 bits per heavy atom. The van der Waals surface area contributed by atoms with Crippen LogP contribution in [0.3, 0.4) is 0 Å². The Morgan fingerprint density at radius 1 is 0.860 bits per heavy atom. The molecule has 3 aromatic heterocycles. The lowest BCUT2D eigenvalue weighted by molar-refractivity contribution is -0.142. The molecule has 0 bridgehead atoms. The number of carboxylic acids is 3. The number of thiazole rings is 1. The normalized spacial score (nSPS) is 17.7. The molecule has 0 aromatic carbocycles. The average Bonchev–Trinajstić information content (AvgIpc) is 3.74. The number of carbonyl (C=O) groups excluding carboxylic acids is 1. The molecule has 3 fully saturated rings. The second-order valence-corrected chi connectivity index (χ2v) is 14.9. The molecule has 3 aliphatic rings. The Bertz CT molecular complexity index is 1690. The first-order valence-corrected chi connectivity index (χ1v) is 18.4. The molecule has 17 heteroatoms. The summed E-state index contributed by atoms with van der Waals surface area (Å²) < 4.78 is 0.686. The lowest BCUT2D eigenvalue weighted by atomic mass is 9.94. The fourth-order valence-electron chi connectivity index (χ4n) is 6.38. The van der Waals surface area contributed by atoms with Gasteiger partial charge in [-0.2, -0.15) is 0 Å². The Labute approximate surface area is 301 Å². The van der Waals surface area contributed by atoms with Crippen LogP contribution in [0.25, 0.3) is 10.6 Å². The van der Waals surface area contributed by atoms with Crippen LogP contribution >= 0.6 is 34.3 Å². The van der Waals surface area contributed by atoms with Crippen LogP contribution in [0.5, 0.6) is 5.75 Å². The molecular formula is C33H39ClN6O8S2. The third kappa shape index (κ3) is 9.71. The van der Waals surface area contributed by atoms with Crippen LogP contribution in [0.1, 0.15) is 55.3 Å². The highest BCUT2D eigenvalue weighted by molar-refractivity contribution is 7.22. The molecule has 1 saturated carbocycles. The number of pyridine rings is 1. The molecule has 268 valence electrons. The van der Waals surface area contributed by atoms with E-state index in [1.807, 2.05) is 17.0 Å². The summed E-state index contributed by atoms with van der Waals surface area (Å²) in [6.45, 7) is 4.80. The third-order valence-electron chi connectivity index (χ3n) is 8.95. The minimum Gasteiger partial charge on any atom is -0.504 e. The first-order valence-electron chi connectivity index (χ1n) is 16.4. The number of carboxylic acid groups (broad SMARTS) is 3. The highest BCUT2D eigenvalue weighted by atomic mass is 35.5. The van der Waals surface area contributed by atoms with Gasteiger partial charge in [-0.05, 0) is 43.9 Å². The quantitative estimate of drug-likeness (QED) is 0.176. The minimum atomic E-state index is -1.26. The molecule has 0 atom stereocenters. The lowest BCUT2D eigenvalue weighted by Gasteiger charge is -2.41. The molecule has 5 heterocycles. The maximum absolute atomic E-state index is 13.2. The Hall–Kier alpha value is -4.25. The topological polar surface area (TPSA) is 197 Å². The summed E-state index contributed by atoms with van der Waals surface area (Å²) in [6.07, 6.45) is 10.1. The number of piperazine rings is 1. The van der Waals surface area contributed by atoms with Gasteiger partial charge in [0.2, 0.25) is 0 Å². The van der Waals surface area contributed by atoms with E-state index in [2.05, 4.69) is 20.1 Å². The minimum absolute atomic E-state index is 0.110. The van der Waals surface area contributed by atoms with Crippen molar-refractivity contribution in [3.05, 3.63) is 46.4 Å². The molecule has 2 saturated heterocycles. The maximum Gasteiger partial charge on any atom is 0.328 e. The predicted octanol–water partition coefficient (Wildman–Crippen LogP) is 5.35. The zero-order valence-electron chi connectivity index (χ0n) is 27.2. The van der Waals surface area contributed by atoms with Gasteiger partial charge in [-0.1, -0.05) is 42.2 Å². The molecule has 0 unspecified atom stereocenters. The number of anilines is 3. The van der Waals surface area contributed by atoms with Gasteiger partial charge in [0.25, 0.3) is 5.91 Å². The van der Waals surface area contributed by atoms with E-state index in [-0.39, 0.29) is 17.2 Å². The van der Waals surface area contributed by atoms with E-state index < -0.39 is 23.8 Å². The van der Waals surface area contributed by atoms with Crippen molar-refractivity contribution in [3.8, 4) is 16.3 Å². The molecule has 2 aliphatic heterocycles. The summed E-state index contributed by atoms with van der Waals surface area (Å²) in [7, 11) is 0. The number of rotatable bonds is 9. The van der Waals surface area contributed by atoms with E-state index in [4.69, 9.17) is 26.8 Å². The third-order valence-corrected chi connectivity index (χ3v) is 11.2. The molecule has 50 heavy (non-hydrogen) atoms. The van der Waals surface area contributed by atoms with Crippen molar-refractivity contribution in [2.75, 3.05) is 54.4 Å². The van der Waals surface area contributed by atoms with Crippen molar-refractivity contribution in [1.82, 2.24) is 14.9 Å². The van der Waals surface area contributed by atoms with Crippen molar-refractivity contribution in [2.45, 2.75) is 51.0 Å². The Morgan fingerprint density at radius 3 is 2.08 bits per heavy atom. The summed E-state index contributed by atoms with van der Waals surface area (Å²) in [5.41, 5.74) is 1.04. The van der Waals surface area contributed by atoms with E-state index in [0.717, 1.165) is 41.8 Å². The van der Waals surface area contributed by atoms with Crippen LogP contribution in [-0.4, -0.2) is 104 Å². The lowest BCUT2D eigenvalue weighted by Crippen LogP contribution is -2.50. The van der Waals surface area contributed by atoms with Crippen molar-refractivity contribution < 1.29 is 39.6 Å². The number of hydrogen-bond acceptors (Lipinski definition) is 12. The molecule has 14 nitrogen and oxygen atoms in total. The number of carbonyl (C=O) groups is 4. The maximum atomic E-state index is 13.2. The predicted molar refractivity (Wildman–Crippen MR) is 192 cm³/mol. The van der Waals surface area contributed by atoms with Crippen LogP contribution in [-0.2, 0) is 14.4 Å². The number of aromatic hydroxyl groups is 1. The summed E-state index contributed by atoms with van der Waals surface area (Å²) >= 11 is 9.19. The van der Waals surface area contributed by atoms with Crippen LogP contribution in [0.4, 0.5) is 16.0 Å². The van der Waals surface area contributed by atoms with E-state index >= 15 is 0 Å². The summed E-state index contributed by atoms with van der Waals surface area (Å²) in [5.74, 6) is -3.85. The van der Waals surface area contributed by atoms with Crippen LogP contribution in [0.2, 0.25) is 4.34 Å². The molecular weight excluding hydrogens is 708 g/mol. The second-order valence-electron chi connectivity index (χ2n) is 12.2. The Kier molecular flexibility index (Phi) is 12.7. The number of hydrogen-bond donors (Lipinski definition) is 5. The van der Waals surface area contributed by atoms with Crippen molar-refractivity contribution in [1.29, 1.82) is 0 Å². The monoisotopic (exact) mass is 746 g/mol. The smallest absolute Gasteiger partial charge is 0.328 e. The number of amides is 1. The van der Waals surface area contributed by atoms with Crippen molar-refractivity contribution in [2.24, 2.45) is 5.92 Å². The van der Waals surface area contributed by atoms with Gasteiger partial charge in [0, 0.05) is 63.7 Å². The average molecular weight is 747 g/mol. The van der Waals surface area contributed by atoms with E-state index in [0.29, 0.717) is 59.4 Å². The van der Waals surface area contributed by atoms with E-state index in [1.54, 1.807) is 0 Å². The van der Waals surface area contributed by atoms with Gasteiger partial charge in [0.05, 0.1) is 20.7 Å². The highest BCUT2D eigenvalue weighted by Crippen LogP contribution is 2.43. The fraction of sp³-hybridized carbons (Fsp3) is 0.455. The molecule has 5 N–H and O–H groups in total. The van der Waals surface area contributed by atoms with E-state index in [9.17, 15) is 29.4 Å². The number of aromatic nitrogens is 2. The molecule has 3 aromatic rings. The van der Waals surface area contributed by atoms with Gasteiger partial charge >= 0.3 is 17.9 Å². The van der Waals surface area contributed by atoms with E-state index in [1.165, 1.54) is 67.0 Å². The summed E-state index contributed by atoms with van der Waals surface area (Å²) in [4.78, 5) is 60.6. The summed E-state index contributed by atoms with van der Waals surface area (Å²) in [6, 6.07) is 5.93. The van der Waals surface area contributed by atoms with Gasteiger partial charge in [-0.25, -0.2) is 19.6 Å². The van der Waals surface area contributed by atoms with Crippen LogP contribution in [0.15, 0.2) is 36.5 Å². The van der Waals surface area contributed by atoms with Crippen LogP contribution < -0.4 is 15.1 Å². The number of piperidine rings is 1. The van der Waals surface area contributed by atoms with Gasteiger partial charge in [-0.15, -0.1) is 11.3 Å². The molecule has 6 rings (SSSR count). The molecule has 1 amide bonds. The molecule has 0 spiro atoms. The highest BCUT2D eigenvalue weighted by Gasteiger charge is 2.29. The largest absolute Gasteiger partial charge is 0.504 e. The first kappa shape index (κ1) is 37.0. The standard InChI is InChI=1S/C29H35ClN6O4S2.C4H4O4/c30-23-7-6-22(41-23)24-27(36-14-12-34(13-15-36)20-4-2-1-3-5-20)42-29(32-24)33-26(38)19-16-21(37)25(31-17-19)35-10-8-18(9-11-35)28(39)40;5-3(6)1-2-4(7)8/h6-7,16-18,20,37H,1-5,8-15H2,(H,39,40)(H,32,33,38);1-2H,(H,5,6)(H,7,8)/b;2-1-. The van der Waals surface area contributed by atoms with Crippen molar-refractivity contribution in [3.63, 3.8) is 0 Å². The molecule has 1 aliphatic carbocycles. The Balaban J connectivity index is 0.000000544. The SMILES string of the molecule is O=C(Nc1nc(-c2ccc(Cl)s2)c(N2CCN(C3CCCCC3)CC2)s1)c1cnc(N2CCC(C(=O)O)CC2)c(O)c1.O=C(O)/C=C\C(=O)O. The number of aliphatic carboxylic acids is 3. The zero-order valence-corrected chi connectivity index (χ0v) is 29.6. The van der Waals surface area contributed by atoms with Gasteiger partial charge in [0.15, 0.2) is 16.7 Å². The molecule has 0 radical (unpaired) electrons. The summed E-state index contributed by atoms with van der Waals surface area (Å²) in [5, 5.41) is 40.0. The fourth-order valence-corrected chi connectivity index (χ4v) is 8.51. The first-order chi connectivity index (χ1) is 24.0. The second kappa shape index (κ2) is 17.1. The van der Waals surface area contributed by atoms with Gasteiger partial charge in [-0.3, -0.25) is 19.8 Å².